The van der Waals surface area contributed by atoms with Gasteiger partial charge in [0.05, 0.1) is 0 Å². The van der Waals surface area contributed by atoms with E-state index in [-0.39, 0.29) is 0 Å². The van der Waals surface area contributed by atoms with Crippen LogP contribution in [0.4, 0.5) is 0 Å². The van der Waals surface area contributed by atoms with Crippen LogP contribution in [0.2, 0.25) is 0 Å². The second-order valence-corrected chi connectivity index (χ2v) is 4.81. The van der Waals surface area contributed by atoms with Gasteiger partial charge in [0.25, 0.3) is 0 Å². The predicted octanol–water partition coefficient (Wildman–Crippen LogP) is 3.36. The molecule has 2 heterocycles. The van der Waals surface area contributed by atoms with Crippen LogP contribution in [-0.2, 0) is 0 Å². The Morgan fingerprint density at radius 1 is 0.667 bits per heavy atom. The van der Waals surface area contributed by atoms with E-state index in [4.69, 9.17) is 0 Å². The van der Waals surface area contributed by atoms with Gasteiger partial charge in [-0.05, 0) is 10.8 Å². The molecule has 0 bridgehead atoms. The van der Waals surface area contributed by atoms with Crippen molar-refractivity contribution >= 4 is 23.5 Å². The first-order valence-electron chi connectivity index (χ1n) is 3.94. The molecule has 2 aliphatic rings. The summed E-state index contributed by atoms with van der Waals surface area (Å²) in [6.07, 6.45) is 13.0. The summed E-state index contributed by atoms with van der Waals surface area (Å²) in [7, 11) is 0. The topological polar surface area (TPSA) is 0 Å². The minimum atomic E-state index is 0.612. The highest BCUT2D eigenvalue weighted by atomic mass is 32.2. The molecule has 0 amide bonds. The highest BCUT2D eigenvalue weighted by Gasteiger charge is 2.17. The van der Waals surface area contributed by atoms with E-state index in [1.807, 2.05) is 23.5 Å². The zero-order valence-corrected chi connectivity index (χ0v) is 8.22. The molecule has 0 aromatic heterocycles. The Kier molecular flexibility index (Phi) is 2.79. The van der Waals surface area contributed by atoms with Gasteiger partial charge in [-0.3, -0.25) is 0 Å². The Morgan fingerprint density at radius 2 is 1.17 bits per heavy atom. The summed E-state index contributed by atoms with van der Waals surface area (Å²) in [6.45, 7) is 0. The van der Waals surface area contributed by atoms with E-state index >= 15 is 0 Å². The molecule has 0 radical (unpaired) electrons. The van der Waals surface area contributed by atoms with Gasteiger partial charge in [-0.25, -0.2) is 0 Å². The van der Waals surface area contributed by atoms with Crippen LogP contribution in [0.5, 0.6) is 0 Å². The van der Waals surface area contributed by atoms with Crippen LogP contribution in [0.15, 0.2) is 47.3 Å². The molecule has 0 aromatic rings. The second kappa shape index (κ2) is 4.06. The Morgan fingerprint density at radius 3 is 1.50 bits per heavy atom. The van der Waals surface area contributed by atoms with Crippen molar-refractivity contribution in [2.24, 2.45) is 0 Å². The molecule has 62 valence electrons. The lowest BCUT2D eigenvalue weighted by molar-refractivity contribution is 1.10. The number of hydrogen-bond acceptors (Lipinski definition) is 2. The SMILES string of the molecule is C1=CSC(C2C=CC=CS2)C=C1. The lowest BCUT2D eigenvalue weighted by atomic mass is 10.2. The molecule has 2 heteroatoms. The summed E-state index contributed by atoms with van der Waals surface area (Å²) in [5, 5.41) is 5.55. The Bertz CT molecular complexity index is 233. The molecule has 2 atom stereocenters. The maximum absolute atomic E-state index is 2.27. The van der Waals surface area contributed by atoms with Crippen molar-refractivity contribution in [3.63, 3.8) is 0 Å². The maximum atomic E-state index is 2.27. The van der Waals surface area contributed by atoms with E-state index in [0.29, 0.717) is 10.5 Å². The average molecular weight is 194 g/mol. The molecule has 0 aliphatic carbocycles. The van der Waals surface area contributed by atoms with Gasteiger partial charge < -0.3 is 0 Å². The first kappa shape index (κ1) is 8.27. The fraction of sp³-hybridized carbons (Fsp3) is 0.200. The Labute approximate surface area is 81.5 Å². The van der Waals surface area contributed by atoms with Crippen molar-refractivity contribution in [3.8, 4) is 0 Å². The van der Waals surface area contributed by atoms with Gasteiger partial charge >= 0.3 is 0 Å². The molecule has 12 heavy (non-hydrogen) atoms. The molecule has 2 unspecified atom stereocenters. The van der Waals surface area contributed by atoms with Gasteiger partial charge in [0.15, 0.2) is 0 Å². The first-order valence-corrected chi connectivity index (χ1v) is 5.83. The summed E-state index contributed by atoms with van der Waals surface area (Å²) < 4.78 is 0. The van der Waals surface area contributed by atoms with Crippen LogP contribution in [0, 0.1) is 0 Å². The van der Waals surface area contributed by atoms with Crippen LogP contribution in [-0.4, -0.2) is 10.5 Å². The van der Waals surface area contributed by atoms with Gasteiger partial charge in [0, 0.05) is 10.5 Å². The number of hydrogen-bond donors (Lipinski definition) is 0. The Hall–Kier alpha value is -0.340. The Balaban J connectivity index is 2.01. The van der Waals surface area contributed by atoms with Crippen molar-refractivity contribution in [1.29, 1.82) is 0 Å². The molecule has 0 aromatic carbocycles. The number of allylic oxidation sites excluding steroid dienone is 4. The largest absolute Gasteiger partial charge is 0.125 e. The second-order valence-electron chi connectivity index (χ2n) is 2.63. The van der Waals surface area contributed by atoms with Crippen molar-refractivity contribution in [2.75, 3.05) is 0 Å². The fourth-order valence-electron chi connectivity index (χ4n) is 1.17. The van der Waals surface area contributed by atoms with Crippen LogP contribution >= 0.6 is 23.5 Å². The molecule has 2 aliphatic heterocycles. The molecule has 0 spiro atoms. The monoisotopic (exact) mass is 194 g/mol. The van der Waals surface area contributed by atoms with Crippen molar-refractivity contribution in [3.05, 3.63) is 47.3 Å². The lowest BCUT2D eigenvalue weighted by Crippen LogP contribution is -2.15. The van der Waals surface area contributed by atoms with Gasteiger partial charge in [-0.1, -0.05) is 36.5 Å². The predicted molar refractivity (Wildman–Crippen MR) is 59.3 cm³/mol. The van der Waals surface area contributed by atoms with Gasteiger partial charge in [-0.2, -0.15) is 0 Å². The smallest absolute Gasteiger partial charge is 0.0429 e. The van der Waals surface area contributed by atoms with Gasteiger partial charge in [0.1, 0.15) is 0 Å². The first-order chi connectivity index (χ1) is 5.97. The summed E-state index contributed by atoms with van der Waals surface area (Å²) in [6, 6.07) is 0. The van der Waals surface area contributed by atoms with Crippen molar-refractivity contribution in [2.45, 2.75) is 10.5 Å². The fourth-order valence-corrected chi connectivity index (χ4v) is 3.14. The molecule has 0 saturated heterocycles. The van der Waals surface area contributed by atoms with E-state index in [2.05, 4.69) is 47.3 Å². The van der Waals surface area contributed by atoms with Gasteiger partial charge in [-0.15, -0.1) is 23.5 Å². The van der Waals surface area contributed by atoms with Crippen LogP contribution in [0.25, 0.3) is 0 Å². The van der Waals surface area contributed by atoms with Crippen molar-refractivity contribution in [1.82, 2.24) is 0 Å². The quantitative estimate of drug-likeness (QED) is 0.628. The summed E-state index contributed by atoms with van der Waals surface area (Å²) in [4.78, 5) is 0. The van der Waals surface area contributed by atoms with Crippen LogP contribution < -0.4 is 0 Å². The maximum Gasteiger partial charge on any atom is 0.0429 e. The van der Waals surface area contributed by atoms with Crippen LogP contribution in [0.3, 0.4) is 0 Å². The molecular formula is C10H10S2. The third-order valence-electron chi connectivity index (χ3n) is 1.78. The minimum absolute atomic E-state index is 0.612. The lowest BCUT2D eigenvalue weighted by Gasteiger charge is -2.20. The van der Waals surface area contributed by atoms with Gasteiger partial charge in [0.2, 0.25) is 0 Å². The molecule has 2 rings (SSSR count). The molecule has 0 fully saturated rings. The van der Waals surface area contributed by atoms with Crippen molar-refractivity contribution < 1.29 is 0 Å². The van der Waals surface area contributed by atoms with E-state index in [1.165, 1.54) is 0 Å². The summed E-state index contributed by atoms with van der Waals surface area (Å²) >= 11 is 3.79. The highest BCUT2D eigenvalue weighted by molar-refractivity contribution is 8.06. The standard InChI is InChI=1S/C10H10S2/c1-3-7-11-9(5-1)10-6-2-4-8-12-10/h1-10H. The summed E-state index contributed by atoms with van der Waals surface area (Å²) in [5.41, 5.74) is 0. The van der Waals surface area contributed by atoms with Crippen LogP contribution in [0.1, 0.15) is 0 Å². The highest BCUT2D eigenvalue weighted by Crippen LogP contribution is 2.31. The molecule has 0 saturated carbocycles. The van der Waals surface area contributed by atoms with E-state index < -0.39 is 0 Å². The third-order valence-corrected chi connectivity index (χ3v) is 4.11. The molecule has 0 nitrogen and oxygen atoms in total. The molecular weight excluding hydrogens is 184 g/mol. The molecule has 0 N–H and O–H groups in total. The van der Waals surface area contributed by atoms with E-state index in [0.717, 1.165) is 0 Å². The average Bonchev–Trinajstić information content (AvgIpc) is 2.21. The normalized spacial score (nSPS) is 32.7. The zero-order valence-electron chi connectivity index (χ0n) is 6.59. The zero-order chi connectivity index (χ0) is 8.23. The number of thioether (sulfide) groups is 2. The number of rotatable bonds is 1. The van der Waals surface area contributed by atoms with E-state index in [9.17, 15) is 0 Å². The minimum Gasteiger partial charge on any atom is -0.125 e. The third kappa shape index (κ3) is 1.87. The van der Waals surface area contributed by atoms with E-state index in [1.54, 1.807) is 0 Å². The summed E-state index contributed by atoms with van der Waals surface area (Å²) in [5.74, 6) is 0.